The molecule has 7 heteroatoms. The summed E-state index contributed by atoms with van der Waals surface area (Å²) >= 11 is 0. The molecule has 0 aromatic carbocycles. The molecule has 0 amide bonds. The van der Waals surface area contributed by atoms with Crippen LogP contribution in [0.2, 0.25) is 0 Å². The van der Waals surface area contributed by atoms with Gasteiger partial charge < -0.3 is 20.4 Å². The molecule has 0 aliphatic carbocycles. The van der Waals surface area contributed by atoms with E-state index in [9.17, 15) is 0 Å². The highest BCUT2D eigenvalue weighted by atomic mass is 15.3. The molecule has 152 valence electrons. The fourth-order valence-corrected chi connectivity index (χ4v) is 4.60. The van der Waals surface area contributed by atoms with Gasteiger partial charge in [0.05, 0.1) is 18.8 Å². The van der Waals surface area contributed by atoms with Gasteiger partial charge in [0.25, 0.3) is 0 Å². The molecule has 2 bridgehead atoms. The van der Waals surface area contributed by atoms with Crippen molar-refractivity contribution in [2.45, 2.75) is 63.2 Å². The van der Waals surface area contributed by atoms with Crippen LogP contribution in [0.4, 0.5) is 0 Å². The Kier molecular flexibility index (Phi) is 6.76. The van der Waals surface area contributed by atoms with Crippen LogP contribution in [0.5, 0.6) is 0 Å². The summed E-state index contributed by atoms with van der Waals surface area (Å²) in [4.78, 5) is 9.75. The highest BCUT2D eigenvalue weighted by Gasteiger charge is 2.36. The van der Waals surface area contributed by atoms with Gasteiger partial charge in [-0.15, -0.1) is 0 Å². The highest BCUT2D eigenvalue weighted by molar-refractivity contribution is 5.80. The predicted molar refractivity (Wildman–Crippen MR) is 111 cm³/mol. The maximum Gasteiger partial charge on any atom is 0.191 e. The Morgan fingerprint density at radius 1 is 1.30 bits per heavy atom. The number of aliphatic imine (C=N–C) groups is 1. The zero-order valence-corrected chi connectivity index (χ0v) is 17.6. The molecule has 2 aliphatic rings. The number of nitrogens with one attached hydrogen (secondary N) is 2. The molecule has 1 aromatic rings. The molecule has 7 nitrogen and oxygen atoms in total. The minimum atomic E-state index is 0.228. The Morgan fingerprint density at radius 2 is 2.00 bits per heavy atom. The quantitative estimate of drug-likeness (QED) is 0.584. The third kappa shape index (κ3) is 5.02. The third-order valence-electron chi connectivity index (χ3n) is 6.18. The van der Waals surface area contributed by atoms with Crippen molar-refractivity contribution in [3.8, 4) is 0 Å². The van der Waals surface area contributed by atoms with Crippen LogP contribution in [0.1, 0.15) is 50.6 Å². The highest BCUT2D eigenvalue weighted by Crippen LogP contribution is 2.32. The number of nitrogens with zero attached hydrogens (tertiary/aromatic N) is 5. The fraction of sp³-hybridized carbons (Fsp3) is 0.800. The SMILES string of the molecule is CCNC(=NCC(c1cnn(C)c1)N(C)C)NC1CC2CCCC(C1)N2C. The molecule has 0 radical (unpaired) electrons. The van der Waals surface area contributed by atoms with Crippen molar-refractivity contribution in [1.82, 2.24) is 30.2 Å². The molecule has 3 heterocycles. The van der Waals surface area contributed by atoms with E-state index < -0.39 is 0 Å². The summed E-state index contributed by atoms with van der Waals surface area (Å²) in [5.41, 5.74) is 1.20. The van der Waals surface area contributed by atoms with Crippen molar-refractivity contribution in [2.24, 2.45) is 12.0 Å². The van der Waals surface area contributed by atoms with E-state index in [4.69, 9.17) is 4.99 Å². The van der Waals surface area contributed by atoms with Gasteiger partial charge in [0.2, 0.25) is 0 Å². The van der Waals surface area contributed by atoms with Gasteiger partial charge in [-0.1, -0.05) is 6.42 Å². The summed E-state index contributed by atoms with van der Waals surface area (Å²) in [5.74, 6) is 0.945. The Balaban J connectivity index is 1.65. The molecule has 2 aliphatic heterocycles. The van der Waals surface area contributed by atoms with Crippen molar-refractivity contribution < 1.29 is 0 Å². The lowest BCUT2D eigenvalue weighted by atomic mass is 9.82. The lowest BCUT2D eigenvalue weighted by Crippen LogP contribution is -2.56. The van der Waals surface area contributed by atoms with E-state index >= 15 is 0 Å². The summed E-state index contributed by atoms with van der Waals surface area (Å²) in [6.45, 7) is 3.73. The number of aromatic nitrogens is 2. The van der Waals surface area contributed by atoms with Crippen LogP contribution in [0, 0.1) is 0 Å². The number of rotatable bonds is 6. The first kappa shape index (κ1) is 20.1. The number of fused-ring (bicyclic) bond motifs is 2. The van der Waals surface area contributed by atoms with Crippen molar-refractivity contribution in [1.29, 1.82) is 0 Å². The Hall–Kier alpha value is -1.60. The number of hydrogen-bond donors (Lipinski definition) is 2. The smallest absolute Gasteiger partial charge is 0.191 e. The predicted octanol–water partition coefficient (Wildman–Crippen LogP) is 1.59. The summed E-state index contributed by atoms with van der Waals surface area (Å²) < 4.78 is 1.86. The molecule has 3 atom stereocenters. The minimum Gasteiger partial charge on any atom is -0.357 e. The molecule has 3 rings (SSSR count). The van der Waals surface area contributed by atoms with E-state index in [2.05, 4.69) is 59.8 Å². The van der Waals surface area contributed by atoms with E-state index in [-0.39, 0.29) is 6.04 Å². The Morgan fingerprint density at radius 3 is 2.56 bits per heavy atom. The average Bonchev–Trinajstić information content (AvgIpc) is 3.02. The van der Waals surface area contributed by atoms with Crippen LogP contribution in [0.15, 0.2) is 17.4 Å². The normalized spacial score (nSPS) is 27.6. The fourth-order valence-electron chi connectivity index (χ4n) is 4.60. The van der Waals surface area contributed by atoms with Gasteiger partial charge in [-0.2, -0.15) is 5.10 Å². The van der Waals surface area contributed by atoms with Gasteiger partial charge in [0.15, 0.2) is 5.96 Å². The topological polar surface area (TPSA) is 60.7 Å². The largest absolute Gasteiger partial charge is 0.357 e. The monoisotopic (exact) mass is 375 g/mol. The van der Waals surface area contributed by atoms with Crippen LogP contribution in [0.3, 0.4) is 0 Å². The van der Waals surface area contributed by atoms with Crippen molar-refractivity contribution >= 4 is 5.96 Å². The van der Waals surface area contributed by atoms with Gasteiger partial charge in [-0.25, -0.2) is 0 Å². The van der Waals surface area contributed by atoms with Crippen LogP contribution < -0.4 is 10.6 Å². The van der Waals surface area contributed by atoms with Crippen LogP contribution in [-0.4, -0.2) is 77.9 Å². The number of hydrogen-bond acceptors (Lipinski definition) is 4. The van der Waals surface area contributed by atoms with Gasteiger partial charge in [0, 0.05) is 43.5 Å². The maximum atomic E-state index is 4.93. The van der Waals surface area contributed by atoms with Crippen molar-refractivity contribution in [3.63, 3.8) is 0 Å². The maximum absolute atomic E-state index is 4.93. The molecule has 2 N–H and O–H groups in total. The van der Waals surface area contributed by atoms with Crippen molar-refractivity contribution in [2.75, 3.05) is 34.2 Å². The second kappa shape index (κ2) is 9.06. The second-order valence-electron chi connectivity index (χ2n) is 8.36. The molecular weight excluding hydrogens is 338 g/mol. The average molecular weight is 376 g/mol. The van der Waals surface area contributed by atoms with Gasteiger partial charge in [-0.05, 0) is 53.8 Å². The van der Waals surface area contributed by atoms with E-state index in [1.54, 1.807) is 0 Å². The molecule has 0 spiro atoms. The lowest BCUT2D eigenvalue weighted by molar-refractivity contribution is 0.0526. The molecule has 2 saturated heterocycles. The third-order valence-corrected chi connectivity index (χ3v) is 6.18. The van der Waals surface area contributed by atoms with Crippen LogP contribution in [-0.2, 0) is 7.05 Å². The lowest BCUT2D eigenvalue weighted by Gasteiger charge is -2.47. The van der Waals surface area contributed by atoms with E-state index in [0.717, 1.165) is 24.6 Å². The first-order chi connectivity index (χ1) is 13.0. The second-order valence-corrected chi connectivity index (χ2v) is 8.36. The molecule has 0 saturated carbocycles. The zero-order valence-electron chi connectivity index (χ0n) is 17.6. The number of likely N-dealkylation sites (N-methyl/N-ethyl adjacent to an activating group) is 1. The van der Waals surface area contributed by atoms with Crippen molar-refractivity contribution in [3.05, 3.63) is 18.0 Å². The van der Waals surface area contributed by atoms with Gasteiger partial charge in [-0.3, -0.25) is 9.67 Å². The first-order valence-corrected chi connectivity index (χ1v) is 10.4. The number of aryl methyl sites for hydroxylation is 1. The van der Waals surface area contributed by atoms with Gasteiger partial charge >= 0.3 is 0 Å². The molecule has 27 heavy (non-hydrogen) atoms. The Labute approximate surface area is 164 Å². The first-order valence-electron chi connectivity index (χ1n) is 10.4. The number of piperidine rings is 2. The summed E-state index contributed by atoms with van der Waals surface area (Å²) in [6.07, 6.45) is 10.5. The molecule has 2 fully saturated rings. The zero-order chi connectivity index (χ0) is 19.4. The van der Waals surface area contributed by atoms with E-state index in [1.165, 1.54) is 37.7 Å². The van der Waals surface area contributed by atoms with E-state index in [0.29, 0.717) is 12.6 Å². The summed E-state index contributed by atoms with van der Waals surface area (Å²) in [6, 6.07) is 2.20. The molecular formula is C20H37N7. The molecule has 1 aromatic heterocycles. The standard InChI is InChI=1S/C20H37N7/c1-6-21-20(22-13-19(25(2)3)15-12-23-26(4)14-15)24-16-10-17-8-7-9-18(11-16)27(17)5/h12,14,16-19H,6-11,13H2,1-5H3,(H2,21,22,24). The molecule has 3 unspecified atom stereocenters. The minimum absolute atomic E-state index is 0.228. The summed E-state index contributed by atoms with van der Waals surface area (Å²) in [5, 5.41) is 11.5. The van der Waals surface area contributed by atoms with Gasteiger partial charge in [0.1, 0.15) is 0 Å². The van der Waals surface area contributed by atoms with Crippen LogP contribution >= 0.6 is 0 Å². The van der Waals surface area contributed by atoms with Crippen LogP contribution in [0.25, 0.3) is 0 Å². The number of guanidine groups is 1. The Bertz CT molecular complexity index is 610. The summed E-state index contributed by atoms with van der Waals surface area (Å²) in [7, 11) is 8.47. The van der Waals surface area contributed by atoms with E-state index in [1.807, 2.05) is 17.9 Å².